The van der Waals surface area contributed by atoms with Crippen LogP contribution in [0.5, 0.6) is 0 Å². The van der Waals surface area contributed by atoms with Crippen LogP contribution in [0.1, 0.15) is 0 Å². The molecule has 0 fully saturated rings. The third-order valence-corrected chi connectivity index (χ3v) is 1.65. The second kappa shape index (κ2) is 5.37. The maximum absolute atomic E-state index is 8.57. The van der Waals surface area contributed by atoms with Crippen molar-refractivity contribution in [3.05, 3.63) is 12.4 Å². The van der Waals surface area contributed by atoms with Gasteiger partial charge < -0.3 is 10.3 Å². The fourth-order valence-electron chi connectivity index (χ4n) is 0.988. The van der Waals surface area contributed by atoms with E-state index in [0.717, 1.165) is 0 Å². The van der Waals surface area contributed by atoms with Crippen LogP contribution in [0.2, 0.25) is 0 Å². The minimum atomic E-state index is 0.0918. The number of hydrogen-bond donors (Lipinski definition) is 2. The van der Waals surface area contributed by atoms with Crippen molar-refractivity contribution in [2.45, 2.75) is 0 Å². The summed E-state index contributed by atoms with van der Waals surface area (Å²) in [6.45, 7) is 0.184. The second-order valence-electron chi connectivity index (χ2n) is 2.58. The number of anilines is 2. The van der Waals surface area contributed by atoms with Gasteiger partial charge in [0.25, 0.3) is 0 Å². The van der Waals surface area contributed by atoms with Gasteiger partial charge in [-0.1, -0.05) is 0 Å². The molecule has 0 amide bonds. The lowest BCUT2D eigenvalue weighted by atomic mass is 10.4. The molecule has 3 N–H and O–H groups in total. The first-order valence-corrected chi connectivity index (χ1v) is 4.09. The number of nitrogens with zero attached hydrogens (tertiary/aromatic N) is 5. The van der Waals surface area contributed by atoms with Crippen molar-refractivity contribution < 1.29 is 0 Å². The van der Waals surface area contributed by atoms with Crippen molar-refractivity contribution in [3.63, 3.8) is 0 Å². The number of hydrazine groups is 1. The fraction of sp³-hybridized carbons (Fsp3) is 0.250. The van der Waals surface area contributed by atoms with Crippen LogP contribution in [-0.4, -0.2) is 23.1 Å². The number of nitrogen functional groups attached to an aromatic ring is 1. The van der Waals surface area contributed by atoms with Crippen molar-refractivity contribution in [1.29, 1.82) is 10.5 Å². The SMILES string of the molecule is N#CCN(CC#N)c1cc(NN)ncn1. The molecule has 0 saturated carbocycles. The van der Waals surface area contributed by atoms with E-state index in [4.69, 9.17) is 16.4 Å². The van der Waals surface area contributed by atoms with E-state index < -0.39 is 0 Å². The first-order valence-electron chi connectivity index (χ1n) is 4.09. The van der Waals surface area contributed by atoms with Gasteiger partial charge in [0.15, 0.2) is 0 Å². The molecule has 0 bridgehead atoms. The van der Waals surface area contributed by atoms with E-state index in [1.54, 1.807) is 6.07 Å². The molecule has 0 unspecified atom stereocenters. The Kier molecular flexibility index (Phi) is 3.83. The highest BCUT2D eigenvalue weighted by Crippen LogP contribution is 2.12. The summed E-state index contributed by atoms with van der Waals surface area (Å²) in [7, 11) is 0. The molecule has 1 aromatic heterocycles. The summed E-state index contributed by atoms with van der Waals surface area (Å²) in [6, 6.07) is 5.47. The Morgan fingerprint density at radius 2 is 2.00 bits per heavy atom. The molecule has 0 aliphatic rings. The topological polar surface area (TPSA) is 115 Å². The van der Waals surface area contributed by atoms with E-state index in [1.807, 2.05) is 12.1 Å². The quantitative estimate of drug-likeness (QED) is 0.389. The van der Waals surface area contributed by atoms with Gasteiger partial charge >= 0.3 is 0 Å². The molecule has 1 aromatic rings. The molecule has 1 rings (SSSR count). The molecule has 0 spiro atoms. The molecule has 1 heterocycles. The summed E-state index contributed by atoms with van der Waals surface area (Å²) in [6.07, 6.45) is 1.31. The molecule has 0 aromatic carbocycles. The van der Waals surface area contributed by atoms with Gasteiger partial charge in [-0.25, -0.2) is 15.8 Å². The van der Waals surface area contributed by atoms with Gasteiger partial charge in [-0.3, -0.25) is 0 Å². The van der Waals surface area contributed by atoms with Crippen LogP contribution in [0, 0.1) is 22.7 Å². The van der Waals surface area contributed by atoms with Gasteiger partial charge in [-0.05, 0) is 0 Å². The summed E-state index contributed by atoms with van der Waals surface area (Å²) in [5, 5.41) is 17.1. The largest absolute Gasteiger partial charge is 0.330 e. The lowest BCUT2D eigenvalue weighted by Gasteiger charge is -2.16. The monoisotopic (exact) mass is 203 g/mol. The molecular weight excluding hydrogens is 194 g/mol. The summed E-state index contributed by atoms with van der Waals surface area (Å²) in [4.78, 5) is 9.28. The molecule has 7 heteroatoms. The molecule has 0 aliphatic heterocycles. The van der Waals surface area contributed by atoms with Gasteiger partial charge in [-0.2, -0.15) is 10.5 Å². The van der Waals surface area contributed by atoms with Crippen molar-refractivity contribution in [2.24, 2.45) is 5.84 Å². The zero-order valence-electron chi connectivity index (χ0n) is 7.88. The Balaban J connectivity index is 2.91. The molecule has 0 saturated heterocycles. The summed E-state index contributed by atoms with van der Waals surface area (Å²) in [5.74, 6) is 6.10. The first-order chi connectivity index (χ1) is 7.31. The summed E-state index contributed by atoms with van der Waals surface area (Å²) in [5.41, 5.74) is 2.36. The molecule has 15 heavy (non-hydrogen) atoms. The zero-order valence-corrected chi connectivity index (χ0v) is 7.88. The van der Waals surface area contributed by atoms with Crippen LogP contribution < -0.4 is 16.2 Å². The number of rotatable bonds is 4. The Labute approximate surface area is 86.7 Å². The second-order valence-corrected chi connectivity index (χ2v) is 2.58. The highest BCUT2D eigenvalue weighted by Gasteiger charge is 2.07. The summed E-state index contributed by atoms with van der Waals surface area (Å²) < 4.78 is 0. The fourth-order valence-corrected chi connectivity index (χ4v) is 0.988. The van der Waals surface area contributed by atoms with Crippen LogP contribution in [-0.2, 0) is 0 Å². The van der Waals surface area contributed by atoms with Crippen LogP contribution in [0.4, 0.5) is 11.6 Å². The van der Waals surface area contributed by atoms with Crippen LogP contribution in [0.25, 0.3) is 0 Å². The van der Waals surface area contributed by atoms with E-state index in [1.165, 1.54) is 11.2 Å². The predicted molar refractivity (Wildman–Crippen MR) is 53.3 cm³/mol. The Morgan fingerprint density at radius 1 is 1.33 bits per heavy atom. The molecular formula is C8H9N7. The van der Waals surface area contributed by atoms with E-state index in [9.17, 15) is 0 Å². The third-order valence-electron chi connectivity index (χ3n) is 1.65. The van der Waals surface area contributed by atoms with Gasteiger partial charge in [0.1, 0.15) is 31.1 Å². The highest BCUT2D eigenvalue weighted by atomic mass is 15.3. The van der Waals surface area contributed by atoms with Gasteiger partial charge in [-0.15, -0.1) is 0 Å². The van der Waals surface area contributed by atoms with Crippen LogP contribution in [0.3, 0.4) is 0 Å². The molecule has 76 valence electrons. The number of nitrogens with two attached hydrogens (primary N) is 1. The maximum Gasteiger partial charge on any atom is 0.145 e. The van der Waals surface area contributed by atoms with Gasteiger partial charge in [0, 0.05) is 6.07 Å². The number of aromatic nitrogens is 2. The standard InChI is InChI=1S/C8H9N7/c9-1-3-15(4-2-10)8-5-7(14-11)12-6-13-8/h5-6H,3-4,11H2,(H,12,13,14). The van der Waals surface area contributed by atoms with E-state index in [2.05, 4.69) is 15.4 Å². The Bertz CT molecular complexity index is 386. The minimum Gasteiger partial charge on any atom is -0.330 e. The van der Waals surface area contributed by atoms with E-state index in [-0.39, 0.29) is 13.1 Å². The maximum atomic E-state index is 8.57. The molecule has 0 radical (unpaired) electrons. The minimum absolute atomic E-state index is 0.0918. The molecule has 0 atom stereocenters. The normalized spacial score (nSPS) is 8.73. The van der Waals surface area contributed by atoms with Gasteiger partial charge in [0.2, 0.25) is 0 Å². The number of nitriles is 2. The van der Waals surface area contributed by atoms with E-state index >= 15 is 0 Å². The first kappa shape index (κ1) is 10.7. The van der Waals surface area contributed by atoms with Gasteiger partial charge in [0.05, 0.1) is 12.1 Å². The lowest BCUT2D eigenvalue weighted by molar-refractivity contribution is 0.925. The average Bonchev–Trinajstić information content (AvgIpc) is 2.29. The third kappa shape index (κ3) is 2.79. The highest BCUT2D eigenvalue weighted by molar-refractivity contribution is 5.48. The Morgan fingerprint density at radius 3 is 2.53 bits per heavy atom. The zero-order chi connectivity index (χ0) is 11.1. The predicted octanol–water partition coefficient (Wildman–Crippen LogP) is -0.384. The van der Waals surface area contributed by atoms with E-state index in [0.29, 0.717) is 11.6 Å². The summed E-state index contributed by atoms with van der Waals surface area (Å²) >= 11 is 0. The van der Waals surface area contributed by atoms with Crippen molar-refractivity contribution in [3.8, 4) is 12.1 Å². The molecule has 7 nitrogen and oxygen atoms in total. The van der Waals surface area contributed by atoms with Crippen molar-refractivity contribution in [1.82, 2.24) is 9.97 Å². The van der Waals surface area contributed by atoms with Crippen LogP contribution >= 0.6 is 0 Å². The average molecular weight is 203 g/mol. The van der Waals surface area contributed by atoms with Crippen molar-refractivity contribution >= 4 is 11.6 Å². The lowest BCUT2D eigenvalue weighted by Crippen LogP contribution is -2.25. The van der Waals surface area contributed by atoms with Crippen molar-refractivity contribution in [2.75, 3.05) is 23.4 Å². The number of nitrogens with one attached hydrogen (secondary N) is 1. The Hall–Kier alpha value is -2.38. The number of hydrogen-bond acceptors (Lipinski definition) is 7. The molecule has 0 aliphatic carbocycles. The smallest absolute Gasteiger partial charge is 0.145 e. The van der Waals surface area contributed by atoms with Crippen LogP contribution in [0.15, 0.2) is 12.4 Å².